The van der Waals surface area contributed by atoms with Crippen molar-refractivity contribution in [3.63, 3.8) is 0 Å². The maximum absolute atomic E-state index is 12.2. The first-order chi connectivity index (χ1) is 11.6. The average Bonchev–Trinajstić information content (AvgIpc) is 2.80. The number of benzene rings is 2. The summed E-state index contributed by atoms with van der Waals surface area (Å²) >= 11 is 5.84. The predicted molar refractivity (Wildman–Crippen MR) is 90.3 cm³/mol. The molecule has 0 unspecified atom stereocenters. The lowest BCUT2D eigenvalue weighted by Gasteiger charge is -2.14. The number of urea groups is 1. The molecule has 6 nitrogen and oxygen atoms in total. The molecule has 0 aliphatic carbocycles. The number of rotatable bonds is 4. The first-order valence-corrected chi connectivity index (χ1v) is 7.70. The molecule has 24 heavy (non-hydrogen) atoms. The Kier molecular flexibility index (Phi) is 4.48. The van der Waals surface area contributed by atoms with Crippen molar-refractivity contribution in [3.05, 3.63) is 64.7 Å². The van der Waals surface area contributed by atoms with Crippen molar-refractivity contribution >= 4 is 35.1 Å². The highest BCUT2D eigenvalue weighted by atomic mass is 35.5. The minimum absolute atomic E-state index is 0.106. The summed E-state index contributed by atoms with van der Waals surface area (Å²) in [6, 6.07) is 13.0. The van der Waals surface area contributed by atoms with Crippen molar-refractivity contribution in [2.45, 2.75) is 0 Å². The summed E-state index contributed by atoms with van der Waals surface area (Å²) < 4.78 is 0. The van der Waals surface area contributed by atoms with Crippen LogP contribution in [0.15, 0.2) is 48.5 Å². The van der Waals surface area contributed by atoms with Gasteiger partial charge >= 0.3 is 6.03 Å². The number of hydrogen-bond acceptors (Lipinski definition) is 3. The van der Waals surface area contributed by atoms with Crippen molar-refractivity contribution in [3.8, 4) is 0 Å². The molecule has 0 atom stereocenters. The summed E-state index contributed by atoms with van der Waals surface area (Å²) in [7, 11) is 0. The molecule has 2 N–H and O–H groups in total. The second-order valence-corrected chi connectivity index (χ2v) is 5.64. The number of carbonyl (C=O) groups excluding carboxylic acids is 3. The summed E-state index contributed by atoms with van der Waals surface area (Å²) in [6.07, 6.45) is 0. The van der Waals surface area contributed by atoms with Crippen molar-refractivity contribution in [2.24, 2.45) is 0 Å². The van der Waals surface area contributed by atoms with E-state index >= 15 is 0 Å². The average molecular weight is 344 g/mol. The van der Waals surface area contributed by atoms with Crippen LogP contribution in [0, 0.1) is 0 Å². The van der Waals surface area contributed by atoms with Gasteiger partial charge in [0.1, 0.15) is 0 Å². The number of nitrogens with zero attached hydrogens (tertiary/aromatic N) is 1. The topological polar surface area (TPSA) is 78.5 Å². The second kappa shape index (κ2) is 6.72. The lowest BCUT2D eigenvalue weighted by atomic mass is 10.1. The monoisotopic (exact) mass is 343 g/mol. The normalized spacial score (nSPS) is 13.0. The van der Waals surface area contributed by atoms with E-state index < -0.39 is 6.03 Å². The third kappa shape index (κ3) is 3.23. The highest BCUT2D eigenvalue weighted by molar-refractivity contribution is 6.30. The van der Waals surface area contributed by atoms with Gasteiger partial charge in [-0.1, -0.05) is 29.8 Å². The van der Waals surface area contributed by atoms with Gasteiger partial charge in [-0.05, 0) is 30.3 Å². The molecule has 1 aliphatic heterocycles. The van der Waals surface area contributed by atoms with E-state index in [4.69, 9.17) is 11.6 Å². The largest absolute Gasteiger partial charge is 0.336 e. The molecule has 1 aliphatic rings. The van der Waals surface area contributed by atoms with Crippen LogP contribution < -0.4 is 10.6 Å². The number of carbonyl (C=O) groups is 3. The molecule has 7 heteroatoms. The Morgan fingerprint density at radius 2 is 1.67 bits per heavy atom. The number of nitrogens with one attached hydrogen (secondary N) is 2. The first kappa shape index (κ1) is 16.0. The van der Waals surface area contributed by atoms with Crippen LogP contribution in [0.5, 0.6) is 0 Å². The quantitative estimate of drug-likeness (QED) is 0.838. The summed E-state index contributed by atoms with van der Waals surface area (Å²) in [4.78, 5) is 37.3. The Morgan fingerprint density at radius 3 is 2.29 bits per heavy atom. The van der Waals surface area contributed by atoms with Crippen molar-refractivity contribution in [1.82, 2.24) is 10.2 Å². The number of fused-ring (bicyclic) bond motifs is 1. The third-order valence-corrected chi connectivity index (χ3v) is 3.82. The van der Waals surface area contributed by atoms with E-state index in [-0.39, 0.29) is 24.9 Å². The van der Waals surface area contributed by atoms with E-state index in [0.717, 1.165) is 4.90 Å². The van der Waals surface area contributed by atoms with Gasteiger partial charge in [0.05, 0.1) is 11.1 Å². The molecular formula is C17H14ClN3O3. The van der Waals surface area contributed by atoms with Gasteiger partial charge in [-0.2, -0.15) is 0 Å². The van der Waals surface area contributed by atoms with E-state index in [1.54, 1.807) is 48.5 Å². The van der Waals surface area contributed by atoms with E-state index in [1.165, 1.54) is 0 Å². The molecule has 0 saturated heterocycles. The summed E-state index contributed by atoms with van der Waals surface area (Å²) in [5, 5.41) is 5.74. The van der Waals surface area contributed by atoms with Gasteiger partial charge in [0.15, 0.2) is 0 Å². The lowest BCUT2D eigenvalue weighted by molar-refractivity contribution is 0.0656. The molecule has 0 aromatic heterocycles. The van der Waals surface area contributed by atoms with Crippen molar-refractivity contribution < 1.29 is 14.4 Å². The fraction of sp³-hybridized carbons (Fsp3) is 0.118. The SMILES string of the molecule is O=C(NCCN1C(=O)c2ccccc2C1=O)Nc1cccc(Cl)c1. The van der Waals surface area contributed by atoms with Gasteiger partial charge in [-0.15, -0.1) is 0 Å². The number of amides is 4. The highest BCUT2D eigenvalue weighted by Crippen LogP contribution is 2.21. The smallest absolute Gasteiger partial charge is 0.319 e. The van der Waals surface area contributed by atoms with E-state index in [0.29, 0.717) is 21.8 Å². The Balaban J connectivity index is 1.53. The Bertz CT molecular complexity index is 787. The van der Waals surface area contributed by atoms with E-state index in [9.17, 15) is 14.4 Å². The van der Waals surface area contributed by atoms with Gasteiger partial charge in [-0.25, -0.2) is 4.79 Å². The zero-order valence-electron chi connectivity index (χ0n) is 12.6. The van der Waals surface area contributed by atoms with Gasteiger partial charge in [0.2, 0.25) is 0 Å². The lowest BCUT2D eigenvalue weighted by Crippen LogP contribution is -2.39. The van der Waals surface area contributed by atoms with Crippen LogP contribution in [0.25, 0.3) is 0 Å². The maximum atomic E-state index is 12.2. The summed E-state index contributed by atoms with van der Waals surface area (Å²) in [5.41, 5.74) is 1.34. The van der Waals surface area contributed by atoms with Crippen molar-refractivity contribution in [1.29, 1.82) is 0 Å². The Morgan fingerprint density at radius 1 is 1.00 bits per heavy atom. The predicted octanol–water partition coefficient (Wildman–Crippen LogP) is 2.76. The Hall–Kier alpha value is -2.86. The van der Waals surface area contributed by atoms with Crippen molar-refractivity contribution in [2.75, 3.05) is 18.4 Å². The standard InChI is InChI=1S/C17H14ClN3O3/c18-11-4-3-5-12(10-11)20-17(24)19-8-9-21-15(22)13-6-1-2-7-14(13)16(21)23/h1-7,10H,8-9H2,(H2,19,20,24). The zero-order valence-corrected chi connectivity index (χ0v) is 13.3. The molecule has 4 amide bonds. The molecule has 0 bridgehead atoms. The molecule has 1 heterocycles. The number of imide groups is 1. The van der Waals surface area contributed by atoms with Crippen LogP contribution in [0.4, 0.5) is 10.5 Å². The minimum Gasteiger partial charge on any atom is -0.336 e. The minimum atomic E-state index is -0.436. The van der Waals surface area contributed by atoms with Gasteiger partial charge in [0, 0.05) is 23.8 Å². The van der Waals surface area contributed by atoms with E-state index in [2.05, 4.69) is 10.6 Å². The molecule has 2 aromatic rings. The van der Waals surface area contributed by atoms with Crippen LogP contribution in [-0.2, 0) is 0 Å². The fourth-order valence-corrected chi connectivity index (χ4v) is 2.66. The molecule has 0 fully saturated rings. The van der Waals surface area contributed by atoms with Crippen LogP contribution in [0.2, 0.25) is 5.02 Å². The summed E-state index contributed by atoms with van der Waals surface area (Å²) in [6.45, 7) is 0.257. The molecule has 3 rings (SSSR count). The molecule has 0 spiro atoms. The maximum Gasteiger partial charge on any atom is 0.319 e. The van der Waals surface area contributed by atoms with E-state index in [1.807, 2.05) is 0 Å². The van der Waals surface area contributed by atoms with Gasteiger partial charge in [-0.3, -0.25) is 14.5 Å². The molecule has 0 radical (unpaired) electrons. The van der Waals surface area contributed by atoms with Gasteiger partial charge < -0.3 is 10.6 Å². The van der Waals surface area contributed by atoms with Crippen LogP contribution in [0.3, 0.4) is 0 Å². The number of hydrogen-bond donors (Lipinski definition) is 2. The number of anilines is 1. The zero-order chi connectivity index (χ0) is 17.1. The molecule has 0 saturated carbocycles. The molecule has 2 aromatic carbocycles. The second-order valence-electron chi connectivity index (χ2n) is 5.20. The number of halogens is 1. The van der Waals surface area contributed by atoms with Crippen LogP contribution in [-0.4, -0.2) is 35.8 Å². The molecule has 122 valence electrons. The third-order valence-electron chi connectivity index (χ3n) is 3.58. The van der Waals surface area contributed by atoms with Crippen LogP contribution >= 0.6 is 11.6 Å². The Labute approximate surface area is 143 Å². The first-order valence-electron chi connectivity index (χ1n) is 7.32. The highest BCUT2D eigenvalue weighted by Gasteiger charge is 2.34. The fourth-order valence-electron chi connectivity index (χ4n) is 2.46. The summed E-state index contributed by atoms with van der Waals surface area (Å²) in [5.74, 6) is -0.680. The van der Waals surface area contributed by atoms with Crippen LogP contribution in [0.1, 0.15) is 20.7 Å². The molecular weight excluding hydrogens is 330 g/mol. The van der Waals surface area contributed by atoms with Gasteiger partial charge in [0.25, 0.3) is 11.8 Å².